The van der Waals surface area contributed by atoms with E-state index >= 15 is 0 Å². The van der Waals surface area contributed by atoms with E-state index in [2.05, 4.69) is 33.8 Å². The van der Waals surface area contributed by atoms with Crippen LogP contribution in [0.25, 0.3) is 6.08 Å². The van der Waals surface area contributed by atoms with Gasteiger partial charge in [-0.3, -0.25) is 4.79 Å². The maximum atomic E-state index is 12.6. The van der Waals surface area contributed by atoms with Gasteiger partial charge in [-0.15, -0.1) is 0 Å². The molecule has 1 atom stereocenters. The molecule has 1 aromatic heterocycles. The Morgan fingerprint density at radius 2 is 1.90 bits per heavy atom. The molecule has 1 aromatic carbocycles. The molecule has 0 bridgehead atoms. The van der Waals surface area contributed by atoms with E-state index in [1.54, 1.807) is 13.2 Å². The number of ether oxygens (including phenoxy) is 1. The van der Waals surface area contributed by atoms with Crippen LogP contribution in [-0.4, -0.2) is 43.2 Å². The van der Waals surface area contributed by atoms with E-state index in [0.717, 1.165) is 29.1 Å². The zero-order chi connectivity index (χ0) is 22.3. The summed E-state index contributed by atoms with van der Waals surface area (Å²) in [6.07, 6.45) is 1.66. The summed E-state index contributed by atoms with van der Waals surface area (Å²) in [6, 6.07) is 12.3. The van der Waals surface area contributed by atoms with Crippen LogP contribution in [0.5, 0.6) is 0 Å². The van der Waals surface area contributed by atoms with Gasteiger partial charge in [0.1, 0.15) is 11.6 Å². The van der Waals surface area contributed by atoms with Crippen LogP contribution in [0.1, 0.15) is 41.0 Å². The number of nitrogens with zero attached hydrogens (tertiary/aromatic N) is 3. The van der Waals surface area contributed by atoms with E-state index < -0.39 is 0 Å². The molecule has 2 rings (SSSR count). The van der Waals surface area contributed by atoms with Crippen LogP contribution >= 0.6 is 0 Å². The number of rotatable bonds is 9. The fourth-order valence-electron chi connectivity index (χ4n) is 3.65. The average molecular weight is 409 g/mol. The van der Waals surface area contributed by atoms with Crippen LogP contribution in [0.15, 0.2) is 35.9 Å². The molecule has 2 aromatic rings. The maximum Gasteiger partial charge on any atom is 0.262 e. The van der Waals surface area contributed by atoms with E-state index in [-0.39, 0.29) is 17.5 Å². The zero-order valence-corrected chi connectivity index (χ0v) is 18.8. The maximum absolute atomic E-state index is 12.6. The number of carbonyl (C=O) groups is 1. The van der Waals surface area contributed by atoms with Crippen molar-refractivity contribution in [2.45, 2.75) is 39.9 Å². The third-order valence-corrected chi connectivity index (χ3v) is 5.01. The molecule has 1 N–H and O–H groups in total. The summed E-state index contributed by atoms with van der Waals surface area (Å²) in [5, 5.41) is 12.4. The minimum absolute atomic E-state index is 0.0962. The number of methoxy groups -OCH3 is 1. The smallest absolute Gasteiger partial charge is 0.262 e. The molecule has 30 heavy (non-hydrogen) atoms. The third kappa shape index (κ3) is 6.06. The number of hydrogen-bond donors (Lipinski definition) is 1. The average Bonchev–Trinajstić information content (AvgIpc) is 2.98. The summed E-state index contributed by atoms with van der Waals surface area (Å²) in [4.78, 5) is 14.7. The lowest BCUT2D eigenvalue weighted by atomic mass is 10.1. The molecule has 160 valence electrons. The van der Waals surface area contributed by atoms with E-state index in [1.165, 1.54) is 5.56 Å². The van der Waals surface area contributed by atoms with Crippen LogP contribution < -0.4 is 5.32 Å². The molecule has 0 aliphatic heterocycles. The molecule has 0 radical (unpaired) electrons. The normalized spacial score (nSPS) is 12.7. The monoisotopic (exact) mass is 408 g/mol. The second-order valence-electron chi connectivity index (χ2n) is 7.91. The summed E-state index contributed by atoms with van der Waals surface area (Å²) in [5.74, 6) is -0.371. The topological polar surface area (TPSA) is 70.3 Å². The van der Waals surface area contributed by atoms with Gasteiger partial charge in [-0.1, -0.05) is 24.3 Å². The highest BCUT2D eigenvalue weighted by molar-refractivity contribution is 6.01. The van der Waals surface area contributed by atoms with Gasteiger partial charge < -0.3 is 19.5 Å². The first-order valence-electron chi connectivity index (χ1n) is 10.1. The number of benzene rings is 1. The van der Waals surface area contributed by atoms with Gasteiger partial charge in [-0.2, -0.15) is 5.26 Å². The van der Waals surface area contributed by atoms with Crippen molar-refractivity contribution in [2.24, 2.45) is 0 Å². The first-order valence-corrected chi connectivity index (χ1v) is 10.1. The number of aromatic nitrogens is 1. The highest BCUT2D eigenvalue weighted by Crippen LogP contribution is 2.22. The van der Waals surface area contributed by atoms with Gasteiger partial charge >= 0.3 is 0 Å². The Kier molecular flexibility index (Phi) is 8.40. The van der Waals surface area contributed by atoms with Gasteiger partial charge in [0, 0.05) is 31.6 Å². The summed E-state index contributed by atoms with van der Waals surface area (Å²) in [7, 11) is 5.73. The highest BCUT2D eigenvalue weighted by Gasteiger charge is 2.15. The molecule has 0 aliphatic carbocycles. The second-order valence-corrected chi connectivity index (χ2v) is 7.91. The summed E-state index contributed by atoms with van der Waals surface area (Å²) >= 11 is 0. The molecular weight excluding hydrogens is 376 g/mol. The first-order chi connectivity index (χ1) is 14.3. The SMILES string of the molecule is COCC(C)n1c(C)cc(/C=C(/C#N)C(=O)NCc2ccc(CN(C)C)cc2)c1C. The van der Waals surface area contributed by atoms with Crippen molar-refractivity contribution < 1.29 is 9.53 Å². The molecule has 6 nitrogen and oxygen atoms in total. The predicted molar refractivity (Wildman–Crippen MR) is 120 cm³/mol. The first kappa shape index (κ1) is 23.4. The van der Waals surface area contributed by atoms with Crippen molar-refractivity contribution in [1.29, 1.82) is 5.26 Å². The Hall–Kier alpha value is -2.88. The molecular formula is C24H32N4O2. The summed E-state index contributed by atoms with van der Waals surface area (Å²) in [5.41, 5.74) is 5.25. The standard InChI is InChI=1S/C24H32N4O2/c1-17-11-22(19(3)28(17)18(2)16-30-6)12-23(13-25)24(29)26-14-20-7-9-21(10-8-20)15-27(4)5/h7-12,18H,14-16H2,1-6H3,(H,26,29)/b23-12-. The van der Waals surface area contributed by atoms with Crippen molar-refractivity contribution in [2.75, 3.05) is 27.8 Å². The largest absolute Gasteiger partial charge is 0.383 e. The lowest BCUT2D eigenvalue weighted by Crippen LogP contribution is -2.24. The molecule has 0 saturated heterocycles. The Labute approximate surface area is 179 Å². The lowest BCUT2D eigenvalue weighted by molar-refractivity contribution is -0.117. The van der Waals surface area contributed by atoms with E-state index in [9.17, 15) is 10.1 Å². The quantitative estimate of drug-likeness (QED) is 0.508. The van der Waals surface area contributed by atoms with Crippen molar-refractivity contribution in [3.63, 3.8) is 0 Å². The second kappa shape index (κ2) is 10.8. The number of aryl methyl sites for hydroxylation is 1. The Balaban J connectivity index is 2.10. The fraction of sp³-hybridized carbons (Fsp3) is 0.417. The van der Waals surface area contributed by atoms with Crippen molar-refractivity contribution in [1.82, 2.24) is 14.8 Å². The van der Waals surface area contributed by atoms with Crippen molar-refractivity contribution >= 4 is 12.0 Å². The lowest BCUT2D eigenvalue weighted by Gasteiger charge is -2.17. The van der Waals surface area contributed by atoms with Crippen molar-refractivity contribution in [3.8, 4) is 6.07 Å². The number of amides is 1. The number of hydrogen-bond acceptors (Lipinski definition) is 4. The molecule has 0 fully saturated rings. The predicted octanol–water partition coefficient (Wildman–Crippen LogP) is 3.60. The molecule has 6 heteroatoms. The van der Waals surface area contributed by atoms with Crippen LogP contribution in [0.4, 0.5) is 0 Å². The summed E-state index contributed by atoms with van der Waals surface area (Å²) < 4.78 is 7.43. The Morgan fingerprint density at radius 3 is 2.47 bits per heavy atom. The third-order valence-electron chi connectivity index (χ3n) is 5.01. The van der Waals surface area contributed by atoms with Gasteiger partial charge in [0.2, 0.25) is 0 Å². The van der Waals surface area contributed by atoms with Gasteiger partial charge in [0.25, 0.3) is 5.91 Å². The fourth-order valence-corrected chi connectivity index (χ4v) is 3.65. The van der Waals surface area contributed by atoms with Crippen LogP contribution in [0, 0.1) is 25.2 Å². The minimum atomic E-state index is -0.371. The van der Waals surface area contributed by atoms with Crippen LogP contribution in [-0.2, 0) is 22.6 Å². The van der Waals surface area contributed by atoms with Crippen LogP contribution in [0.2, 0.25) is 0 Å². The van der Waals surface area contributed by atoms with E-state index in [1.807, 2.05) is 52.2 Å². The van der Waals surface area contributed by atoms with E-state index in [4.69, 9.17) is 4.74 Å². The molecule has 1 heterocycles. The molecule has 1 amide bonds. The Bertz CT molecular complexity index is 933. The van der Waals surface area contributed by atoms with Gasteiger partial charge in [-0.05, 0) is 63.7 Å². The van der Waals surface area contributed by atoms with Crippen molar-refractivity contribution in [3.05, 3.63) is 64.0 Å². The minimum Gasteiger partial charge on any atom is -0.383 e. The molecule has 1 unspecified atom stereocenters. The van der Waals surface area contributed by atoms with Gasteiger partial charge in [-0.25, -0.2) is 0 Å². The Morgan fingerprint density at radius 1 is 1.27 bits per heavy atom. The molecule has 0 aliphatic rings. The number of nitriles is 1. The zero-order valence-electron chi connectivity index (χ0n) is 18.8. The van der Waals surface area contributed by atoms with Gasteiger partial charge in [0.05, 0.1) is 12.6 Å². The number of nitrogens with one attached hydrogen (secondary N) is 1. The summed E-state index contributed by atoms with van der Waals surface area (Å²) in [6.45, 7) is 7.94. The number of carbonyl (C=O) groups excluding carboxylic acids is 1. The molecule has 0 saturated carbocycles. The van der Waals surface area contributed by atoms with Gasteiger partial charge in [0.15, 0.2) is 0 Å². The van der Waals surface area contributed by atoms with E-state index in [0.29, 0.717) is 13.2 Å². The van der Waals surface area contributed by atoms with Crippen LogP contribution in [0.3, 0.4) is 0 Å². The highest BCUT2D eigenvalue weighted by atomic mass is 16.5. The molecule has 0 spiro atoms.